The maximum absolute atomic E-state index is 11.3. The highest BCUT2D eigenvalue weighted by Gasteiger charge is 2.17. The molecule has 0 aliphatic heterocycles. The molecule has 0 heterocycles. The Morgan fingerprint density at radius 2 is 1.78 bits per heavy atom. The Labute approximate surface area is 106 Å². The molecule has 0 aliphatic carbocycles. The summed E-state index contributed by atoms with van der Waals surface area (Å²) in [4.78, 5) is 33.2. The summed E-state index contributed by atoms with van der Waals surface area (Å²) in [5, 5.41) is 16.1. The van der Waals surface area contributed by atoms with Crippen LogP contribution in [0.1, 0.15) is 33.6 Å². The quantitative estimate of drug-likeness (QED) is 0.518. The van der Waals surface area contributed by atoms with Crippen molar-refractivity contribution in [1.82, 2.24) is 16.0 Å². The van der Waals surface area contributed by atoms with Crippen LogP contribution in [0, 0.1) is 0 Å². The highest BCUT2D eigenvalue weighted by atomic mass is 16.4. The van der Waals surface area contributed by atoms with E-state index in [1.54, 1.807) is 6.92 Å². The molecular weight excluding hydrogens is 238 g/mol. The third kappa shape index (κ3) is 7.48. The highest BCUT2D eigenvalue weighted by Crippen LogP contribution is 1.90. The molecule has 0 rings (SSSR count). The summed E-state index contributed by atoms with van der Waals surface area (Å²) in [7, 11) is 0. The molecule has 7 heteroatoms. The van der Waals surface area contributed by atoms with Gasteiger partial charge in [0.15, 0.2) is 0 Å². The zero-order chi connectivity index (χ0) is 14.1. The largest absolute Gasteiger partial charge is 0.480 e. The molecule has 0 aromatic rings. The van der Waals surface area contributed by atoms with Gasteiger partial charge in [0.2, 0.25) is 5.91 Å². The Kier molecular flexibility index (Phi) is 7.50. The first-order chi connectivity index (χ1) is 8.36. The van der Waals surface area contributed by atoms with Gasteiger partial charge in [-0.1, -0.05) is 6.92 Å². The lowest BCUT2D eigenvalue weighted by atomic mass is 10.2. The van der Waals surface area contributed by atoms with E-state index in [1.807, 2.05) is 13.8 Å². The number of rotatable bonds is 7. The molecular formula is C11H21N3O4. The SMILES string of the molecule is CC[C@H](NC(=O)NCCC(=O)NC(C)C)C(=O)O. The van der Waals surface area contributed by atoms with E-state index >= 15 is 0 Å². The van der Waals surface area contributed by atoms with E-state index in [9.17, 15) is 14.4 Å². The molecule has 0 radical (unpaired) electrons. The molecule has 0 aromatic carbocycles. The molecule has 4 N–H and O–H groups in total. The molecule has 18 heavy (non-hydrogen) atoms. The smallest absolute Gasteiger partial charge is 0.326 e. The predicted octanol–water partition coefficient (Wildman–Crippen LogP) is 0.0635. The van der Waals surface area contributed by atoms with Crippen molar-refractivity contribution in [2.75, 3.05) is 6.54 Å². The van der Waals surface area contributed by atoms with Gasteiger partial charge in [0.05, 0.1) is 0 Å². The first-order valence-corrected chi connectivity index (χ1v) is 5.93. The fraction of sp³-hybridized carbons (Fsp3) is 0.727. The fourth-order valence-electron chi connectivity index (χ4n) is 1.23. The maximum atomic E-state index is 11.3. The number of carboxylic acid groups (broad SMARTS) is 1. The van der Waals surface area contributed by atoms with E-state index in [2.05, 4.69) is 16.0 Å². The Hall–Kier alpha value is -1.79. The van der Waals surface area contributed by atoms with E-state index in [0.29, 0.717) is 6.42 Å². The van der Waals surface area contributed by atoms with Crippen LogP contribution in [0.15, 0.2) is 0 Å². The standard InChI is InChI=1S/C11H21N3O4/c1-4-8(10(16)17)14-11(18)12-6-5-9(15)13-7(2)3/h7-8H,4-6H2,1-3H3,(H,13,15)(H,16,17)(H2,12,14,18)/t8-/m0/s1. The van der Waals surface area contributed by atoms with Gasteiger partial charge in [0.25, 0.3) is 0 Å². The van der Waals surface area contributed by atoms with Crippen molar-refractivity contribution in [2.24, 2.45) is 0 Å². The van der Waals surface area contributed by atoms with Gasteiger partial charge in [0.1, 0.15) is 6.04 Å². The van der Waals surface area contributed by atoms with Crippen molar-refractivity contribution in [3.63, 3.8) is 0 Å². The third-order valence-corrected chi connectivity index (χ3v) is 2.10. The summed E-state index contributed by atoms with van der Waals surface area (Å²) < 4.78 is 0. The topological polar surface area (TPSA) is 108 Å². The van der Waals surface area contributed by atoms with Crippen LogP contribution < -0.4 is 16.0 Å². The second kappa shape index (κ2) is 8.32. The van der Waals surface area contributed by atoms with Crippen molar-refractivity contribution < 1.29 is 19.5 Å². The predicted molar refractivity (Wildman–Crippen MR) is 66.1 cm³/mol. The van der Waals surface area contributed by atoms with Crippen LogP contribution in [-0.4, -0.2) is 41.6 Å². The second-order valence-corrected chi connectivity index (χ2v) is 4.17. The van der Waals surface area contributed by atoms with E-state index < -0.39 is 18.0 Å². The van der Waals surface area contributed by atoms with Crippen molar-refractivity contribution in [2.45, 2.75) is 45.7 Å². The van der Waals surface area contributed by atoms with E-state index in [-0.39, 0.29) is 24.9 Å². The van der Waals surface area contributed by atoms with Crippen LogP contribution in [0.5, 0.6) is 0 Å². The molecule has 3 amide bonds. The van der Waals surface area contributed by atoms with Gasteiger partial charge in [0, 0.05) is 19.0 Å². The fourth-order valence-corrected chi connectivity index (χ4v) is 1.23. The number of carbonyl (C=O) groups is 3. The number of carbonyl (C=O) groups excluding carboxylic acids is 2. The Morgan fingerprint density at radius 3 is 2.22 bits per heavy atom. The van der Waals surface area contributed by atoms with Crippen LogP contribution in [0.3, 0.4) is 0 Å². The van der Waals surface area contributed by atoms with E-state index in [0.717, 1.165) is 0 Å². The summed E-state index contributed by atoms with van der Waals surface area (Å²) in [5.74, 6) is -1.24. The number of hydrogen-bond donors (Lipinski definition) is 4. The molecule has 0 saturated carbocycles. The van der Waals surface area contributed by atoms with Crippen LogP contribution in [0.25, 0.3) is 0 Å². The first kappa shape index (κ1) is 16.2. The number of hydrogen-bond acceptors (Lipinski definition) is 3. The highest BCUT2D eigenvalue weighted by molar-refractivity contribution is 5.83. The van der Waals surface area contributed by atoms with Gasteiger partial charge < -0.3 is 21.1 Å². The van der Waals surface area contributed by atoms with Gasteiger partial charge in [-0.25, -0.2) is 9.59 Å². The minimum absolute atomic E-state index is 0.0582. The van der Waals surface area contributed by atoms with E-state index in [4.69, 9.17) is 5.11 Å². The zero-order valence-corrected chi connectivity index (χ0v) is 10.9. The van der Waals surface area contributed by atoms with Crippen LogP contribution in [-0.2, 0) is 9.59 Å². The maximum Gasteiger partial charge on any atom is 0.326 e. The number of amides is 3. The van der Waals surface area contributed by atoms with Gasteiger partial charge in [-0.05, 0) is 20.3 Å². The van der Waals surface area contributed by atoms with Crippen molar-refractivity contribution in [1.29, 1.82) is 0 Å². The molecule has 104 valence electrons. The normalized spacial score (nSPS) is 11.8. The van der Waals surface area contributed by atoms with Crippen LogP contribution >= 0.6 is 0 Å². The number of carboxylic acids is 1. The first-order valence-electron chi connectivity index (χ1n) is 5.93. The Morgan fingerprint density at radius 1 is 1.17 bits per heavy atom. The summed E-state index contributed by atoms with van der Waals surface area (Å²) in [6.45, 7) is 5.52. The molecule has 0 fully saturated rings. The molecule has 0 spiro atoms. The van der Waals surface area contributed by atoms with Gasteiger partial charge in [-0.15, -0.1) is 0 Å². The minimum atomic E-state index is -1.08. The summed E-state index contributed by atoms with van der Waals surface area (Å²) in [6, 6.07) is -1.43. The van der Waals surface area contributed by atoms with Crippen molar-refractivity contribution in [3.05, 3.63) is 0 Å². The molecule has 0 aromatic heterocycles. The van der Waals surface area contributed by atoms with Crippen molar-refractivity contribution >= 4 is 17.9 Å². The summed E-state index contributed by atoms with van der Waals surface area (Å²) >= 11 is 0. The summed E-state index contributed by atoms with van der Waals surface area (Å²) in [5.41, 5.74) is 0. The Bertz CT molecular complexity index is 305. The zero-order valence-electron chi connectivity index (χ0n) is 10.9. The molecule has 0 saturated heterocycles. The minimum Gasteiger partial charge on any atom is -0.480 e. The Balaban J connectivity index is 3.83. The van der Waals surface area contributed by atoms with E-state index in [1.165, 1.54) is 0 Å². The van der Waals surface area contributed by atoms with Crippen LogP contribution in [0.2, 0.25) is 0 Å². The molecule has 1 atom stereocenters. The number of aliphatic carboxylic acids is 1. The molecule has 7 nitrogen and oxygen atoms in total. The lowest BCUT2D eigenvalue weighted by molar-refractivity contribution is -0.139. The monoisotopic (exact) mass is 259 g/mol. The molecule has 0 unspecified atom stereocenters. The van der Waals surface area contributed by atoms with Gasteiger partial charge in [-0.3, -0.25) is 4.79 Å². The summed E-state index contributed by atoms with van der Waals surface area (Å²) in [6.07, 6.45) is 0.464. The average molecular weight is 259 g/mol. The third-order valence-electron chi connectivity index (χ3n) is 2.10. The lowest BCUT2D eigenvalue weighted by Crippen LogP contribution is -2.46. The number of nitrogens with one attached hydrogen (secondary N) is 3. The number of urea groups is 1. The van der Waals surface area contributed by atoms with Gasteiger partial charge in [-0.2, -0.15) is 0 Å². The van der Waals surface area contributed by atoms with Gasteiger partial charge >= 0.3 is 12.0 Å². The van der Waals surface area contributed by atoms with Crippen molar-refractivity contribution in [3.8, 4) is 0 Å². The molecule has 0 bridgehead atoms. The lowest BCUT2D eigenvalue weighted by Gasteiger charge is -2.13. The second-order valence-electron chi connectivity index (χ2n) is 4.17. The van der Waals surface area contributed by atoms with Crippen LogP contribution in [0.4, 0.5) is 4.79 Å². The average Bonchev–Trinajstić information content (AvgIpc) is 2.24. The molecule has 0 aliphatic rings.